The molecule has 0 saturated heterocycles. The molecular formula is C16H22F3NO2. The van der Waals surface area contributed by atoms with Crippen molar-refractivity contribution in [3.63, 3.8) is 0 Å². The second-order valence-corrected chi connectivity index (χ2v) is 5.94. The lowest BCUT2D eigenvalue weighted by molar-refractivity contribution is -0.153. The molecule has 0 radical (unpaired) electrons. The minimum Gasteiger partial charge on any atom is -0.484 e. The number of aliphatic hydroxyl groups is 1. The third-order valence-electron chi connectivity index (χ3n) is 3.89. The fraction of sp³-hybridized carbons (Fsp3) is 0.625. The van der Waals surface area contributed by atoms with Crippen molar-refractivity contribution in [2.75, 3.05) is 13.2 Å². The van der Waals surface area contributed by atoms with Gasteiger partial charge in [-0.3, -0.25) is 0 Å². The van der Waals surface area contributed by atoms with Crippen molar-refractivity contribution in [2.24, 2.45) is 0 Å². The van der Waals surface area contributed by atoms with Crippen LogP contribution in [-0.2, 0) is 6.54 Å². The maximum absolute atomic E-state index is 12.0. The first-order valence-corrected chi connectivity index (χ1v) is 7.58. The van der Waals surface area contributed by atoms with Crippen molar-refractivity contribution >= 4 is 0 Å². The lowest BCUT2D eigenvalue weighted by Gasteiger charge is -2.32. The monoisotopic (exact) mass is 317 g/mol. The number of nitrogens with one attached hydrogen (secondary N) is 1. The Morgan fingerprint density at radius 3 is 2.32 bits per heavy atom. The quantitative estimate of drug-likeness (QED) is 0.845. The number of rotatable bonds is 6. The summed E-state index contributed by atoms with van der Waals surface area (Å²) in [5.41, 5.74) is 0.326. The minimum atomic E-state index is -4.32. The van der Waals surface area contributed by atoms with E-state index in [9.17, 15) is 18.3 Å². The predicted octanol–water partition coefficient (Wildman–Crippen LogP) is 3.41. The summed E-state index contributed by atoms with van der Waals surface area (Å²) in [5.74, 6) is 0.201. The summed E-state index contributed by atoms with van der Waals surface area (Å²) < 4.78 is 40.8. The zero-order valence-corrected chi connectivity index (χ0v) is 12.5. The summed E-state index contributed by atoms with van der Waals surface area (Å²) in [7, 11) is 0. The molecule has 1 aliphatic rings. The SMILES string of the molecule is OC1(CNCc2ccc(OCC(F)(F)F)cc2)CCCCC1. The maximum atomic E-state index is 12.0. The van der Waals surface area contributed by atoms with Gasteiger partial charge in [-0.05, 0) is 30.5 Å². The van der Waals surface area contributed by atoms with Crippen molar-refractivity contribution < 1.29 is 23.0 Å². The van der Waals surface area contributed by atoms with Crippen molar-refractivity contribution in [3.8, 4) is 5.75 Å². The van der Waals surface area contributed by atoms with E-state index in [0.717, 1.165) is 31.2 Å². The summed E-state index contributed by atoms with van der Waals surface area (Å²) in [6, 6.07) is 6.50. The topological polar surface area (TPSA) is 41.5 Å². The van der Waals surface area contributed by atoms with Gasteiger partial charge in [-0.15, -0.1) is 0 Å². The largest absolute Gasteiger partial charge is 0.484 e. The molecule has 0 spiro atoms. The van der Waals surface area contributed by atoms with Crippen molar-refractivity contribution in [3.05, 3.63) is 29.8 Å². The average molecular weight is 317 g/mol. The number of benzene rings is 1. The molecule has 2 rings (SSSR count). The van der Waals surface area contributed by atoms with E-state index in [1.165, 1.54) is 18.6 Å². The predicted molar refractivity (Wildman–Crippen MR) is 77.7 cm³/mol. The normalized spacial score (nSPS) is 18.2. The van der Waals surface area contributed by atoms with Gasteiger partial charge in [0.25, 0.3) is 0 Å². The Balaban J connectivity index is 1.74. The summed E-state index contributed by atoms with van der Waals surface area (Å²) in [6.45, 7) is -0.168. The summed E-state index contributed by atoms with van der Waals surface area (Å²) in [6.07, 6.45) is 0.624. The molecule has 0 amide bonds. The summed E-state index contributed by atoms with van der Waals surface area (Å²) in [5, 5.41) is 13.6. The van der Waals surface area contributed by atoms with Gasteiger partial charge in [-0.2, -0.15) is 13.2 Å². The number of hydrogen-bond acceptors (Lipinski definition) is 3. The molecule has 0 heterocycles. The van der Waals surface area contributed by atoms with E-state index in [2.05, 4.69) is 10.1 Å². The second kappa shape index (κ2) is 7.33. The van der Waals surface area contributed by atoms with Gasteiger partial charge in [0.1, 0.15) is 5.75 Å². The first-order valence-electron chi connectivity index (χ1n) is 7.58. The Morgan fingerprint density at radius 1 is 1.09 bits per heavy atom. The standard InChI is InChI=1S/C16H22F3NO2/c17-16(18,19)12-22-14-6-4-13(5-7-14)10-20-11-15(21)8-2-1-3-9-15/h4-7,20-21H,1-3,8-12H2. The van der Waals surface area contributed by atoms with Gasteiger partial charge in [0.05, 0.1) is 5.60 Å². The number of alkyl halides is 3. The first kappa shape index (κ1) is 17.1. The highest BCUT2D eigenvalue weighted by atomic mass is 19.4. The Kier molecular flexibility index (Phi) is 5.69. The molecule has 1 saturated carbocycles. The minimum absolute atomic E-state index is 0.201. The van der Waals surface area contributed by atoms with Gasteiger partial charge in [0.15, 0.2) is 6.61 Å². The van der Waals surface area contributed by atoms with Crippen LogP contribution in [0.2, 0.25) is 0 Å². The molecule has 2 N–H and O–H groups in total. The van der Waals surface area contributed by atoms with Gasteiger partial charge in [-0.25, -0.2) is 0 Å². The highest BCUT2D eigenvalue weighted by molar-refractivity contribution is 5.27. The lowest BCUT2D eigenvalue weighted by Crippen LogP contribution is -2.41. The van der Waals surface area contributed by atoms with E-state index >= 15 is 0 Å². The van der Waals surface area contributed by atoms with Gasteiger partial charge in [0, 0.05) is 13.1 Å². The Bertz CT molecular complexity index is 453. The van der Waals surface area contributed by atoms with E-state index in [1.807, 2.05) is 0 Å². The van der Waals surface area contributed by atoms with Crippen LogP contribution in [0.5, 0.6) is 5.75 Å². The van der Waals surface area contributed by atoms with Gasteiger partial charge >= 0.3 is 6.18 Å². The number of halogens is 3. The molecule has 22 heavy (non-hydrogen) atoms. The molecule has 6 heteroatoms. The number of hydrogen-bond donors (Lipinski definition) is 2. The van der Waals surface area contributed by atoms with Crippen molar-refractivity contribution in [1.29, 1.82) is 0 Å². The zero-order valence-electron chi connectivity index (χ0n) is 12.5. The van der Waals surface area contributed by atoms with Crippen LogP contribution >= 0.6 is 0 Å². The Hall–Kier alpha value is -1.27. The van der Waals surface area contributed by atoms with Crippen LogP contribution in [0, 0.1) is 0 Å². The maximum Gasteiger partial charge on any atom is 0.422 e. The van der Waals surface area contributed by atoms with Gasteiger partial charge in [0.2, 0.25) is 0 Å². The molecule has 0 aromatic heterocycles. The van der Waals surface area contributed by atoms with Crippen LogP contribution in [0.1, 0.15) is 37.7 Å². The van der Waals surface area contributed by atoms with E-state index in [0.29, 0.717) is 13.1 Å². The third kappa shape index (κ3) is 5.85. The zero-order chi connectivity index (χ0) is 16.1. The van der Waals surface area contributed by atoms with E-state index in [4.69, 9.17) is 0 Å². The average Bonchev–Trinajstić information content (AvgIpc) is 2.46. The Labute approximate surface area is 128 Å². The Morgan fingerprint density at radius 2 is 1.73 bits per heavy atom. The van der Waals surface area contributed by atoms with Crippen LogP contribution in [0.15, 0.2) is 24.3 Å². The fourth-order valence-corrected chi connectivity index (χ4v) is 2.69. The van der Waals surface area contributed by atoms with Crippen LogP contribution in [-0.4, -0.2) is 30.0 Å². The lowest BCUT2D eigenvalue weighted by atomic mass is 9.85. The molecule has 3 nitrogen and oxygen atoms in total. The molecule has 0 atom stereocenters. The molecule has 124 valence electrons. The molecule has 1 aromatic rings. The summed E-state index contributed by atoms with van der Waals surface area (Å²) >= 11 is 0. The van der Waals surface area contributed by atoms with Crippen LogP contribution in [0.25, 0.3) is 0 Å². The smallest absolute Gasteiger partial charge is 0.422 e. The molecule has 0 bridgehead atoms. The molecule has 1 aliphatic carbocycles. The van der Waals surface area contributed by atoms with Crippen molar-refractivity contribution in [2.45, 2.75) is 50.4 Å². The van der Waals surface area contributed by atoms with Gasteiger partial charge < -0.3 is 15.2 Å². The highest BCUT2D eigenvalue weighted by Gasteiger charge is 2.29. The molecule has 0 unspecified atom stereocenters. The highest BCUT2D eigenvalue weighted by Crippen LogP contribution is 2.27. The van der Waals surface area contributed by atoms with Crippen LogP contribution in [0.4, 0.5) is 13.2 Å². The summed E-state index contributed by atoms with van der Waals surface area (Å²) in [4.78, 5) is 0. The van der Waals surface area contributed by atoms with E-state index in [-0.39, 0.29) is 5.75 Å². The number of ether oxygens (including phenoxy) is 1. The van der Waals surface area contributed by atoms with Gasteiger partial charge in [-0.1, -0.05) is 31.4 Å². The first-order chi connectivity index (χ1) is 10.4. The van der Waals surface area contributed by atoms with E-state index in [1.54, 1.807) is 12.1 Å². The fourth-order valence-electron chi connectivity index (χ4n) is 2.69. The molecular weight excluding hydrogens is 295 g/mol. The van der Waals surface area contributed by atoms with Crippen molar-refractivity contribution in [1.82, 2.24) is 5.32 Å². The molecule has 1 aromatic carbocycles. The molecule has 1 fully saturated rings. The third-order valence-corrected chi connectivity index (χ3v) is 3.89. The second-order valence-electron chi connectivity index (χ2n) is 5.94. The van der Waals surface area contributed by atoms with Crippen LogP contribution < -0.4 is 10.1 Å². The molecule has 0 aliphatic heterocycles. The van der Waals surface area contributed by atoms with E-state index < -0.39 is 18.4 Å². The van der Waals surface area contributed by atoms with Crippen LogP contribution in [0.3, 0.4) is 0 Å².